The number of hydrogen-bond donors (Lipinski definition) is 4. The van der Waals surface area contributed by atoms with E-state index in [4.69, 9.17) is 16.6 Å². The van der Waals surface area contributed by atoms with Crippen LogP contribution < -0.4 is 16.5 Å². The van der Waals surface area contributed by atoms with Gasteiger partial charge < -0.3 is 11.1 Å². The van der Waals surface area contributed by atoms with Gasteiger partial charge in [-0.15, -0.1) is 0 Å². The van der Waals surface area contributed by atoms with E-state index in [-0.39, 0.29) is 11.4 Å². The van der Waals surface area contributed by atoms with Crippen LogP contribution in [0.25, 0.3) is 0 Å². The molecule has 3 rings (SSSR count). The minimum absolute atomic E-state index is 0.0699. The van der Waals surface area contributed by atoms with Crippen molar-refractivity contribution in [3.63, 3.8) is 0 Å². The molecular weight excluding hydrogens is 252 g/mol. The van der Waals surface area contributed by atoms with Crippen LogP contribution in [0.15, 0.2) is 30.6 Å². The van der Waals surface area contributed by atoms with Crippen molar-refractivity contribution in [2.75, 3.05) is 5.32 Å². The van der Waals surface area contributed by atoms with Crippen LogP contribution in [0.5, 0.6) is 0 Å². The fourth-order valence-electron chi connectivity index (χ4n) is 2.50. The van der Waals surface area contributed by atoms with Crippen LogP contribution in [-0.2, 0) is 12.8 Å². The average molecular weight is 268 g/mol. The van der Waals surface area contributed by atoms with Gasteiger partial charge in [0.1, 0.15) is 0 Å². The van der Waals surface area contributed by atoms with Gasteiger partial charge in [-0.05, 0) is 42.5 Å². The zero-order chi connectivity index (χ0) is 14.1. The molecule has 0 bridgehead atoms. The highest BCUT2D eigenvalue weighted by molar-refractivity contribution is 5.77. The Morgan fingerprint density at radius 1 is 1.30 bits per heavy atom. The molecule has 1 heterocycles. The Labute approximate surface area is 116 Å². The van der Waals surface area contributed by atoms with Gasteiger partial charge in [-0.1, -0.05) is 6.07 Å². The summed E-state index contributed by atoms with van der Waals surface area (Å²) in [6, 6.07) is 6.22. The van der Waals surface area contributed by atoms with Crippen molar-refractivity contribution >= 4 is 17.5 Å². The van der Waals surface area contributed by atoms with Gasteiger partial charge in [-0.25, -0.2) is 4.98 Å². The van der Waals surface area contributed by atoms with E-state index in [0.717, 1.165) is 18.5 Å². The molecule has 0 fully saturated rings. The molecule has 2 aromatic rings. The molecule has 0 spiro atoms. The van der Waals surface area contributed by atoms with E-state index in [1.54, 1.807) is 0 Å². The summed E-state index contributed by atoms with van der Waals surface area (Å²) < 4.78 is 1.27. The van der Waals surface area contributed by atoms with E-state index in [9.17, 15) is 0 Å². The SMILES string of the molecule is N=C(N)n1ccnc(Nc2ccc3c(c2)CCC3)c1=N. The predicted octanol–water partition coefficient (Wildman–Crippen LogP) is 1.34. The molecule has 0 saturated heterocycles. The molecule has 0 radical (unpaired) electrons. The molecule has 0 unspecified atom stereocenters. The number of benzene rings is 1. The Bertz CT molecular complexity index is 731. The van der Waals surface area contributed by atoms with Gasteiger partial charge >= 0.3 is 0 Å². The highest BCUT2D eigenvalue weighted by atomic mass is 15.2. The van der Waals surface area contributed by atoms with Gasteiger partial charge in [0.05, 0.1) is 0 Å². The van der Waals surface area contributed by atoms with E-state index in [1.165, 1.54) is 34.5 Å². The summed E-state index contributed by atoms with van der Waals surface area (Å²) in [5.41, 5.74) is 9.16. The lowest BCUT2D eigenvalue weighted by Crippen LogP contribution is -2.33. The predicted molar refractivity (Wildman–Crippen MR) is 77.1 cm³/mol. The summed E-state index contributed by atoms with van der Waals surface area (Å²) in [4.78, 5) is 4.14. The molecule has 5 N–H and O–H groups in total. The fraction of sp³-hybridized carbons (Fsp3) is 0.214. The number of nitrogens with two attached hydrogens (primary N) is 1. The van der Waals surface area contributed by atoms with Crippen molar-refractivity contribution in [1.29, 1.82) is 10.8 Å². The third kappa shape index (κ3) is 2.16. The third-order valence-corrected chi connectivity index (χ3v) is 3.51. The maximum absolute atomic E-state index is 8.00. The summed E-state index contributed by atoms with van der Waals surface area (Å²) in [7, 11) is 0. The lowest BCUT2D eigenvalue weighted by molar-refractivity contribution is 0.911. The number of aryl methyl sites for hydroxylation is 2. The highest BCUT2D eigenvalue weighted by Gasteiger charge is 2.11. The molecule has 0 atom stereocenters. The summed E-state index contributed by atoms with van der Waals surface area (Å²) in [6.45, 7) is 0. The molecule has 6 heteroatoms. The van der Waals surface area contributed by atoms with Gasteiger partial charge in [0, 0.05) is 18.1 Å². The second kappa shape index (κ2) is 4.80. The van der Waals surface area contributed by atoms with Crippen LogP contribution in [0.3, 0.4) is 0 Å². The monoisotopic (exact) mass is 268 g/mol. The van der Waals surface area contributed by atoms with Gasteiger partial charge in [0.15, 0.2) is 17.3 Å². The van der Waals surface area contributed by atoms with Crippen LogP contribution in [0.2, 0.25) is 0 Å². The highest BCUT2D eigenvalue weighted by Crippen LogP contribution is 2.25. The molecule has 0 saturated carbocycles. The molecule has 6 nitrogen and oxygen atoms in total. The lowest BCUT2D eigenvalue weighted by atomic mass is 10.1. The first-order chi connectivity index (χ1) is 9.65. The van der Waals surface area contributed by atoms with Crippen molar-refractivity contribution in [3.8, 4) is 0 Å². The lowest BCUT2D eigenvalue weighted by Gasteiger charge is -2.10. The van der Waals surface area contributed by atoms with E-state index in [2.05, 4.69) is 22.4 Å². The molecule has 102 valence electrons. The van der Waals surface area contributed by atoms with Crippen LogP contribution in [0.4, 0.5) is 11.5 Å². The minimum atomic E-state index is -0.200. The Kier molecular flexibility index (Phi) is 2.98. The Morgan fingerprint density at radius 2 is 2.10 bits per heavy atom. The van der Waals surface area contributed by atoms with Crippen molar-refractivity contribution in [2.45, 2.75) is 19.3 Å². The summed E-state index contributed by atoms with van der Waals surface area (Å²) in [6.07, 6.45) is 6.48. The minimum Gasteiger partial charge on any atom is -0.369 e. The van der Waals surface area contributed by atoms with Crippen LogP contribution in [0.1, 0.15) is 17.5 Å². The van der Waals surface area contributed by atoms with Gasteiger partial charge in [-0.3, -0.25) is 15.4 Å². The zero-order valence-corrected chi connectivity index (χ0v) is 11.0. The van der Waals surface area contributed by atoms with Crippen molar-refractivity contribution < 1.29 is 0 Å². The Morgan fingerprint density at radius 3 is 2.90 bits per heavy atom. The number of nitrogens with one attached hydrogen (secondary N) is 3. The van der Waals surface area contributed by atoms with Crippen LogP contribution >= 0.6 is 0 Å². The summed E-state index contributed by atoms with van der Waals surface area (Å²) >= 11 is 0. The van der Waals surface area contributed by atoms with Crippen molar-refractivity contribution in [2.24, 2.45) is 5.73 Å². The number of fused-ring (bicyclic) bond motifs is 1. The van der Waals surface area contributed by atoms with E-state index >= 15 is 0 Å². The Hall–Kier alpha value is -2.63. The van der Waals surface area contributed by atoms with Gasteiger partial charge in [-0.2, -0.15) is 0 Å². The second-order valence-electron chi connectivity index (χ2n) is 4.84. The quantitative estimate of drug-likeness (QED) is 0.488. The maximum atomic E-state index is 8.00. The molecule has 1 aliphatic rings. The Balaban J connectivity index is 1.94. The average Bonchev–Trinajstić information content (AvgIpc) is 2.88. The van der Waals surface area contributed by atoms with Crippen LogP contribution in [0, 0.1) is 10.8 Å². The van der Waals surface area contributed by atoms with E-state index in [0.29, 0.717) is 5.82 Å². The first-order valence-electron chi connectivity index (χ1n) is 6.50. The number of nitrogens with zero attached hydrogens (tertiary/aromatic N) is 2. The van der Waals surface area contributed by atoms with Crippen molar-refractivity contribution in [3.05, 3.63) is 47.2 Å². The largest absolute Gasteiger partial charge is 0.369 e. The molecule has 1 aromatic carbocycles. The van der Waals surface area contributed by atoms with E-state index < -0.39 is 0 Å². The summed E-state index contributed by atoms with van der Waals surface area (Å²) in [5.74, 6) is 0.190. The topological polar surface area (TPSA) is 104 Å². The van der Waals surface area contributed by atoms with Crippen molar-refractivity contribution in [1.82, 2.24) is 9.55 Å². The smallest absolute Gasteiger partial charge is 0.198 e. The normalized spacial score (nSPS) is 13.0. The molecular formula is C14H16N6. The fourth-order valence-corrected chi connectivity index (χ4v) is 2.50. The number of anilines is 2. The number of nitrogen functional groups attached to an aromatic ring is 1. The molecule has 1 aromatic heterocycles. The van der Waals surface area contributed by atoms with Crippen LogP contribution in [-0.4, -0.2) is 15.5 Å². The number of rotatable bonds is 2. The molecule has 1 aliphatic carbocycles. The first kappa shape index (κ1) is 12.4. The number of hydrogen-bond acceptors (Lipinski definition) is 4. The standard InChI is InChI=1S/C14H16N6/c15-12-13(18-6-7-20(12)14(16)17)19-11-5-4-9-2-1-3-10(9)8-11/h4-8,15H,1-3H2,(H3,16,17)(H,18,19). The molecule has 0 aliphatic heterocycles. The second-order valence-corrected chi connectivity index (χ2v) is 4.84. The zero-order valence-electron chi connectivity index (χ0n) is 11.0. The van der Waals surface area contributed by atoms with Gasteiger partial charge in [0.2, 0.25) is 0 Å². The maximum Gasteiger partial charge on any atom is 0.198 e. The first-order valence-corrected chi connectivity index (χ1v) is 6.50. The number of aromatic nitrogens is 2. The molecule has 0 amide bonds. The third-order valence-electron chi connectivity index (χ3n) is 3.51. The van der Waals surface area contributed by atoms with Gasteiger partial charge in [0.25, 0.3) is 0 Å². The summed E-state index contributed by atoms with van der Waals surface area (Å²) in [5, 5.41) is 18.5. The molecule has 20 heavy (non-hydrogen) atoms. The van der Waals surface area contributed by atoms with E-state index in [1.807, 2.05) is 6.07 Å².